The highest BCUT2D eigenvalue weighted by atomic mass is 32.2. The number of hydrogen-bond acceptors (Lipinski definition) is 5. The molecule has 0 saturated carbocycles. The van der Waals surface area contributed by atoms with E-state index in [1.807, 2.05) is 0 Å². The van der Waals surface area contributed by atoms with E-state index < -0.39 is 33.6 Å². The van der Waals surface area contributed by atoms with Crippen molar-refractivity contribution >= 4 is 22.0 Å². The molecule has 0 radical (unpaired) electrons. The van der Waals surface area contributed by atoms with E-state index in [0.717, 1.165) is 6.26 Å². The summed E-state index contributed by atoms with van der Waals surface area (Å²) in [6.45, 7) is 2.73. The Hall–Kier alpha value is -1.39. The Bertz CT molecular complexity index is 448. The topological polar surface area (TPSA) is 145 Å². The Morgan fingerprint density at radius 3 is 2.25 bits per heavy atom. The van der Waals surface area contributed by atoms with Gasteiger partial charge >= 0.3 is 12.0 Å². The largest absolute Gasteiger partial charge is 0.480 e. The van der Waals surface area contributed by atoms with Crippen molar-refractivity contribution in [3.05, 3.63) is 0 Å². The van der Waals surface area contributed by atoms with Crippen molar-refractivity contribution in [2.24, 2.45) is 0 Å². The summed E-state index contributed by atoms with van der Waals surface area (Å²) < 4.78 is 24.5. The number of carboxylic acid groups (broad SMARTS) is 1. The van der Waals surface area contributed by atoms with Crippen LogP contribution in [0, 0.1) is 0 Å². The van der Waals surface area contributed by atoms with Crippen molar-refractivity contribution in [2.45, 2.75) is 31.8 Å². The standard InChI is InChI=1S/C10H21N3O6S/c1-10(2,13-20(3,18)19)6-11-9(17)12-7(4-5-14)8(15)16/h7,13-14H,4-6H2,1-3H3,(H,15,16)(H2,11,12,17). The van der Waals surface area contributed by atoms with E-state index in [0.29, 0.717) is 0 Å². The minimum Gasteiger partial charge on any atom is -0.480 e. The van der Waals surface area contributed by atoms with E-state index in [4.69, 9.17) is 10.2 Å². The van der Waals surface area contributed by atoms with Crippen LogP contribution in [0.5, 0.6) is 0 Å². The number of aliphatic hydroxyl groups is 1. The molecular formula is C10H21N3O6S. The zero-order valence-electron chi connectivity index (χ0n) is 11.6. The molecule has 10 heteroatoms. The highest BCUT2D eigenvalue weighted by molar-refractivity contribution is 7.88. The molecule has 0 aromatic heterocycles. The summed E-state index contributed by atoms with van der Waals surface area (Å²) in [5.74, 6) is -1.26. The fourth-order valence-corrected chi connectivity index (χ4v) is 2.51. The number of sulfonamides is 1. The summed E-state index contributed by atoms with van der Waals surface area (Å²) in [4.78, 5) is 22.3. The molecule has 0 aliphatic rings. The third-order valence-corrected chi connectivity index (χ3v) is 3.10. The number of rotatable bonds is 8. The summed E-state index contributed by atoms with van der Waals surface area (Å²) in [6.07, 6.45) is 0.879. The quantitative estimate of drug-likeness (QED) is 0.367. The number of carbonyl (C=O) groups is 2. The molecule has 0 aromatic carbocycles. The lowest BCUT2D eigenvalue weighted by molar-refractivity contribution is -0.139. The zero-order chi connectivity index (χ0) is 16.0. The number of carboxylic acids is 1. The lowest BCUT2D eigenvalue weighted by Crippen LogP contribution is -2.54. The molecule has 0 bridgehead atoms. The van der Waals surface area contributed by atoms with Gasteiger partial charge in [0.25, 0.3) is 0 Å². The highest BCUT2D eigenvalue weighted by Gasteiger charge is 2.24. The van der Waals surface area contributed by atoms with E-state index in [1.165, 1.54) is 0 Å². The van der Waals surface area contributed by atoms with Crippen LogP contribution in [-0.2, 0) is 14.8 Å². The molecule has 0 rings (SSSR count). The van der Waals surface area contributed by atoms with Gasteiger partial charge in [0.05, 0.1) is 6.26 Å². The molecule has 0 heterocycles. The third kappa shape index (κ3) is 8.67. The van der Waals surface area contributed by atoms with Crippen molar-refractivity contribution in [1.29, 1.82) is 0 Å². The first-order valence-corrected chi connectivity index (χ1v) is 7.73. The molecular weight excluding hydrogens is 290 g/mol. The molecule has 0 fully saturated rings. The van der Waals surface area contributed by atoms with E-state index in [1.54, 1.807) is 13.8 Å². The molecule has 1 unspecified atom stereocenters. The summed E-state index contributed by atoms with van der Waals surface area (Å²) in [5, 5.41) is 22.0. The molecule has 1 atom stereocenters. The van der Waals surface area contributed by atoms with Crippen LogP contribution in [0.25, 0.3) is 0 Å². The van der Waals surface area contributed by atoms with Gasteiger partial charge in [-0.15, -0.1) is 0 Å². The minimum atomic E-state index is -3.42. The summed E-state index contributed by atoms with van der Waals surface area (Å²) >= 11 is 0. The van der Waals surface area contributed by atoms with Crippen molar-refractivity contribution in [3.63, 3.8) is 0 Å². The Morgan fingerprint density at radius 2 is 1.85 bits per heavy atom. The SMILES string of the molecule is CC(C)(CNC(=O)NC(CCO)C(=O)O)NS(C)(=O)=O. The Morgan fingerprint density at radius 1 is 1.30 bits per heavy atom. The second-order valence-electron chi connectivity index (χ2n) is 4.99. The van der Waals surface area contributed by atoms with Gasteiger partial charge < -0.3 is 20.8 Å². The van der Waals surface area contributed by atoms with Crippen LogP contribution in [0.2, 0.25) is 0 Å². The first-order chi connectivity index (χ1) is 8.97. The lowest BCUT2D eigenvalue weighted by Gasteiger charge is -2.25. The van der Waals surface area contributed by atoms with Gasteiger partial charge in [-0.3, -0.25) is 0 Å². The smallest absolute Gasteiger partial charge is 0.326 e. The number of nitrogens with one attached hydrogen (secondary N) is 3. The maximum absolute atomic E-state index is 11.5. The van der Waals surface area contributed by atoms with E-state index >= 15 is 0 Å². The Labute approximate surface area is 117 Å². The summed E-state index contributed by atoms with van der Waals surface area (Å²) in [5.41, 5.74) is -0.916. The molecule has 5 N–H and O–H groups in total. The number of amides is 2. The predicted molar refractivity (Wildman–Crippen MR) is 71.7 cm³/mol. The predicted octanol–water partition coefficient (Wildman–Crippen LogP) is -1.55. The van der Waals surface area contributed by atoms with Crippen molar-refractivity contribution in [3.8, 4) is 0 Å². The van der Waals surface area contributed by atoms with Gasteiger partial charge in [-0.05, 0) is 13.8 Å². The third-order valence-electron chi connectivity index (χ3n) is 2.17. The normalized spacial score (nSPS) is 13.6. The first kappa shape index (κ1) is 18.6. The molecule has 0 aliphatic heterocycles. The van der Waals surface area contributed by atoms with Crippen molar-refractivity contribution < 1.29 is 28.2 Å². The van der Waals surface area contributed by atoms with Crippen LogP contribution in [0.3, 0.4) is 0 Å². The Balaban J connectivity index is 4.37. The van der Waals surface area contributed by atoms with Crippen LogP contribution in [-0.4, -0.2) is 61.6 Å². The molecule has 9 nitrogen and oxygen atoms in total. The van der Waals surface area contributed by atoms with Crippen LogP contribution < -0.4 is 15.4 Å². The first-order valence-electron chi connectivity index (χ1n) is 5.84. The zero-order valence-corrected chi connectivity index (χ0v) is 12.5. The van der Waals surface area contributed by atoms with Crippen LogP contribution in [0.4, 0.5) is 4.79 Å². The van der Waals surface area contributed by atoms with E-state index in [2.05, 4.69) is 15.4 Å². The molecule has 20 heavy (non-hydrogen) atoms. The monoisotopic (exact) mass is 311 g/mol. The molecule has 2 amide bonds. The average Bonchev–Trinajstić information content (AvgIpc) is 2.22. The molecule has 0 aliphatic carbocycles. The minimum absolute atomic E-state index is 0.0304. The number of aliphatic hydroxyl groups excluding tert-OH is 1. The van der Waals surface area contributed by atoms with Crippen molar-refractivity contribution in [1.82, 2.24) is 15.4 Å². The average molecular weight is 311 g/mol. The highest BCUT2D eigenvalue weighted by Crippen LogP contribution is 2.01. The number of hydrogen-bond donors (Lipinski definition) is 5. The van der Waals surface area contributed by atoms with Gasteiger partial charge in [-0.1, -0.05) is 0 Å². The van der Waals surface area contributed by atoms with Crippen molar-refractivity contribution in [2.75, 3.05) is 19.4 Å². The maximum Gasteiger partial charge on any atom is 0.326 e. The fraction of sp³-hybridized carbons (Fsp3) is 0.800. The number of carbonyl (C=O) groups excluding carboxylic acids is 1. The van der Waals surface area contributed by atoms with E-state index in [-0.39, 0.29) is 19.6 Å². The van der Waals surface area contributed by atoms with E-state index in [9.17, 15) is 18.0 Å². The van der Waals surface area contributed by atoms with Crippen LogP contribution in [0.1, 0.15) is 20.3 Å². The van der Waals surface area contributed by atoms with Gasteiger partial charge in [0.2, 0.25) is 10.0 Å². The van der Waals surface area contributed by atoms with Gasteiger partial charge in [0, 0.05) is 25.1 Å². The number of urea groups is 1. The second kappa shape index (κ2) is 7.41. The second-order valence-corrected chi connectivity index (χ2v) is 6.74. The van der Waals surface area contributed by atoms with Gasteiger partial charge in [0.15, 0.2) is 0 Å². The van der Waals surface area contributed by atoms with Gasteiger partial charge in [0.1, 0.15) is 6.04 Å². The summed E-state index contributed by atoms with van der Waals surface area (Å²) in [6, 6.07) is -1.96. The van der Waals surface area contributed by atoms with Gasteiger partial charge in [-0.25, -0.2) is 22.7 Å². The van der Waals surface area contributed by atoms with Crippen LogP contribution >= 0.6 is 0 Å². The number of aliphatic carboxylic acids is 1. The molecule has 0 spiro atoms. The molecule has 0 saturated heterocycles. The fourth-order valence-electron chi connectivity index (χ4n) is 1.43. The molecule has 0 aromatic rings. The molecule has 118 valence electrons. The summed E-state index contributed by atoms with van der Waals surface area (Å²) in [7, 11) is -3.42. The Kier molecular flexibility index (Phi) is 6.89. The van der Waals surface area contributed by atoms with Gasteiger partial charge in [-0.2, -0.15) is 0 Å². The maximum atomic E-state index is 11.5. The van der Waals surface area contributed by atoms with Crippen LogP contribution in [0.15, 0.2) is 0 Å². The lowest BCUT2D eigenvalue weighted by atomic mass is 10.1.